The van der Waals surface area contributed by atoms with Crippen LogP contribution < -0.4 is 57.3 Å². The topological polar surface area (TPSA) is 21.1 Å². The summed E-state index contributed by atoms with van der Waals surface area (Å²) in [5, 5.41) is 6.97. The van der Waals surface area contributed by atoms with Gasteiger partial charge in [0.25, 0.3) is 13.4 Å². The largest absolute Gasteiger partial charge is 0.311 e. The van der Waals surface area contributed by atoms with E-state index in [9.17, 15) is 0 Å². The molecule has 0 N–H and O–H groups in total. The van der Waals surface area contributed by atoms with Gasteiger partial charge in [0.05, 0.1) is 28.1 Å². The van der Waals surface area contributed by atoms with Crippen molar-refractivity contribution in [3.63, 3.8) is 0 Å². The first-order valence-electron chi connectivity index (χ1n) is 33.9. The van der Waals surface area contributed by atoms with Gasteiger partial charge in [-0.25, -0.2) is 0 Å². The van der Waals surface area contributed by atoms with Crippen LogP contribution in [0.1, 0.15) is 0 Å². The predicted octanol–water partition coefficient (Wildman–Crippen LogP) is 19.8. The van der Waals surface area contributed by atoms with Crippen molar-refractivity contribution in [3.8, 4) is 5.69 Å². The standard InChI is InChI=1S/C90H60B2N6/c1-8-32-61(33-9-1)93(62-34-10-2-11-35-62)68-56-82-87-84(58-68)97(67-44-20-7-21-45-67)89-77(91(87)75-51-27-30-54-80(75)95(82)65-40-16-5-17-41-65)60-78-90-86(89)74-50-25-24-48-72(74)70-46-22-23-47-71(70)73-49-26-29-53-79(73)98(90)85-59-69(94(63-36-12-3-13-37-63)64-38-14-4-15-39-64)57-83-88(85)92(78)76-52-28-31-55-81(76)96(83)66-42-18-6-19-43-66/h1-60H. The molecule has 8 heteroatoms. The maximum Gasteiger partial charge on any atom is 0.252 e. The summed E-state index contributed by atoms with van der Waals surface area (Å²) in [5.74, 6) is 0. The number of rotatable bonds is 9. The van der Waals surface area contributed by atoms with Gasteiger partial charge in [0, 0.05) is 84.7 Å². The Labute approximate surface area is 570 Å². The lowest BCUT2D eigenvalue weighted by molar-refractivity contribution is 1.16. The van der Waals surface area contributed by atoms with Crippen LogP contribution in [-0.2, 0) is 0 Å². The SMILES string of the molecule is c1ccc(N(c2ccccc2)c2cc3c4c(c2)N(c2ccccc2)c2c(cc5c6c2c2ccccc2c2ccccc2c2ccccc2n6-c2cc(N(c6ccccc6)c6ccccc6)cc6c2B5c2ccccc2N6c2ccccc2)B4c2ccccc2N3c2ccccc2)cc1. The van der Waals surface area contributed by atoms with Crippen LogP contribution in [0.3, 0.4) is 0 Å². The van der Waals surface area contributed by atoms with Crippen LogP contribution in [0.15, 0.2) is 364 Å². The monoisotopic (exact) mass is 1250 g/mol. The van der Waals surface area contributed by atoms with Crippen LogP contribution >= 0.6 is 0 Å². The van der Waals surface area contributed by atoms with Crippen LogP contribution in [0.4, 0.5) is 85.3 Å². The molecule has 1 aromatic heterocycles. The summed E-state index contributed by atoms with van der Waals surface area (Å²) in [5.41, 5.74) is 27.2. The second-order valence-electron chi connectivity index (χ2n) is 25.9. The molecule has 20 rings (SSSR count). The molecule has 16 aromatic rings. The molecule has 0 amide bonds. The average molecular weight is 1250 g/mol. The van der Waals surface area contributed by atoms with Crippen LogP contribution in [0.2, 0.25) is 0 Å². The van der Waals surface area contributed by atoms with Gasteiger partial charge in [-0.05, 0) is 182 Å². The van der Waals surface area contributed by atoms with Gasteiger partial charge in [0.1, 0.15) is 0 Å². The molecule has 0 spiro atoms. The molecule has 98 heavy (non-hydrogen) atoms. The Balaban J connectivity index is 1.03. The fourth-order valence-electron chi connectivity index (χ4n) is 16.8. The predicted molar refractivity (Wildman–Crippen MR) is 416 cm³/mol. The van der Waals surface area contributed by atoms with Crippen molar-refractivity contribution in [2.24, 2.45) is 0 Å². The van der Waals surface area contributed by atoms with Crippen molar-refractivity contribution in [2.75, 3.05) is 24.5 Å². The molecule has 456 valence electrons. The molecule has 15 aromatic carbocycles. The molecule has 4 aliphatic rings. The first-order valence-corrected chi connectivity index (χ1v) is 33.9. The molecule has 0 aliphatic carbocycles. The molecule has 0 radical (unpaired) electrons. The number of hydrogen-bond donors (Lipinski definition) is 0. The smallest absolute Gasteiger partial charge is 0.252 e. The van der Waals surface area contributed by atoms with Crippen molar-refractivity contribution in [1.29, 1.82) is 0 Å². The van der Waals surface area contributed by atoms with Gasteiger partial charge in [-0.3, -0.25) is 0 Å². The zero-order valence-corrected chi connectivity index (χ0v) is 53.5. The van der Waals surface area contributed by atoms with Gasteiger partial charge in [-0.1, -0.05) is 237 Å². The molecule has 0 saturated heterocycles. The minimum Gasteiger partial charge on any atom is -0.311 e. The average Bonchev–Trinajstić information content (AvgIpc) is 0.853. The first kappa shape index (κ1) is 55.7. The fourth-order valence-corrected chi connectivity index (χ4v) is 16.8. The Hall–Kier alpha value is -12.8. The molecule has 6 nitrogen and oxygen atoms in total. The van der Waals surface area contributed by atoms with Crippen LogP contribution in [0.5, 0.6) is 0 Å². The maximum atomic E-state index is 2.71. The molecule has 0 unspecified atom stereocenters. The van der Waals surface area contributed by atoms with Crippen molar-refractivity contribution >= 4 is 175 Å². The van der Waals surface area contributed by atoms with E-state index in [1.54, 1.807) is 0 Å². The number of anilines is 15. The summed E-state index contributed by atoms with van der Waals surface area (Å²) in [7, 11) is 0. The van der Waals surface area contributed by atoms with Gasteiger partial charge < -0.3 is 29.1 Å². The van der Waals surface area contributed by atoms with Crippen molar-refractivity contribution in [1.82, 2.24) is 4.57 Å². The summed E-state index contributed by atoms with van der Waals surface area (Å²) >= 11 is 0. The highest BCUT2D eigenvalue weighted by Gasteiger charge is 2.49. The second kappa shape index (κ2) is 22.4. The van der Waals surface area contributed by atoms with E-state index >= 15 is 0 Å². The van der Waals surface area contributed by atoms with Crippen LogP contribution in [-0.4, -0.2) is 18.0 Å². The number of para-hydroxylation sites is 10. The third kappa shape index (κ3) is 8.44. The van der Waals surface area contributed by atoms with E-state index in [2.05, 4.69) is 393 Å². The van der Waals surface area contributed by atoms with Gasteiger partial charge >= 0.3 is 0 Å². The molecular weight excluding hydrogens is 1190 g/mol. The second-order valence-corrected chi connectivity index (χ2v) is 25.9. The van der Waals surface area contributed by atoms with E-state index in [4.69, 9.17) is 0 Å². The minimum absolute atomic E-state index is 0.246. The molecule has 0 fully saturated rings. The number of fused-ring (bicyclic) bond motifs is 16. The Bertz CT molecular complexity index is 5840. The minimum atomic E-state index is -0.247. The Morgan fingerprint density at radius 2 is 0.551 bits per heavy atom. The van der Waals surface area contributed by atoms with Gasteiger partial charge in [0.2, 0.25) is 0 Å². The van der Waals surface area contributed by atoms with E-state index in [0.717, 1.165) is 118 Å². The van der Waals surface area contributed by atoms with Crippen LogP contribution in [0, 0.1) is 0 Å². The maximum absolute atomic E-state index is 2.71. The van der Waals surface area contributed by atoms with Gasteiger partial charge in [-0.15, -0.1) is 0 Å². The summed E-state index contributed by atoms with van der Waals surface area (Å²) in [6.07, 6.45) is 0. The number of aromatic nitrogens is 1. The molecule has 0 bridgehead atoms. The molecule has 0 atom stereocenters. The van der Waals surface area contributed by atoms with E-state index in [-0.39, 0.29) is 13.4 Å². The van der Waals surface area contributed by atoms with Crippen molar-refractivity contribution < 1.29 is 0 Å². The molecule has 0 saturated carbocycles. The summed E-state index contributed by atoms with van der Waals surface area (Å²) in [6, 6.07) is 136. The van der Waals surface area contributed by atoms with Gasteiger partial charge in [0.15, 0.2) is 0 Å². The first-order chi connectivity index (χ1) is 48.7. The lowest BCUT2D eigenvalue weighted by Gasteiger charge is -2.46. The Kier molecular flexibility index (Phi) is 12.7. The number of nitrogens with zero attached hydrogens (tertiary/aromatic N) is 6. The normalized spacial score (nSPS) is 12.8. The van der Waals surface area contributed by atoms with Crippen molar-refractivity contribution in [2.45, 2.75) is 0 Å². The third-order valence-corrected chi connectivity index (χ3v) is 20.6. The quantitative estimate of drug-likeness (QED) is 0.134. The van der Waals surface area contributed by atoms with E-state index < -0.39 is 0 Å². The van der Waals surface area contributed by atoms with Crippen LogP contribution in [0.25, 0.3) is 49.0 Å². The fraction of sp³-hybridized carbons (Fsp3) is 0. The molecular formula is C90H60B2N6. The zero-order valence-electron chi connectivity index (χ0n) is 53.5. The van der Waals surface area contributed by atoms with E-state index in [1.165, 1.54) is 48.9 Å². The summed E-state index contributed by atoms with van der Waals surface area (Å²) < 4.78 is 2.71. The highest BCUT2D eigenvalue weighted by Crippen LogP contribution is 2.52. The third-order valence-electron chi connectivity index (χ3n) is 20.6. The Morgan fingerprint density at radius 3 is 1.02 bits per heavy atom. The summed E-state index contributed by atoms with van der Waals surface area (Å²) in [6.45, 7) is -0.493. The van der Waals surface area contributed by atoms with E-state index in [1.807, 2.05) is 0 Å². The zero-order chi connectivity index (χ0) is 64.4. The summed E-state index contributed by atoms with van der Waals surface area (Å²) in [4.78, 5) is 12.6. The Morgan fingerprint density at radius 1 is 0.224 bits per heavy atom. The van der Waals surface area contributed by atoms with Gasteiger partial charge in [-0.2, -0.15) is 0 Å². The lowest BCUT2D eigenvalue weighted by atomic mass is 9.30. The van der Waals surface area contributed by atoms with E-state index in [0.29, 0.717) is 0 Å². The van der Waals surface area contributed by atoms with Crippen molar-refractivity contribution in [3.05, 3.63) is 364 Å². The molecule has 4 aliphatic heterocycles. The highest BCUT2D eigenvalue weighted by atomic mass is 15.2. The number of hydrogen-bond acceptors (Lipinski definition) is 5. The highest BCUT2D eigenvalue weighted by molar-refractivity contribution is 7.03. The lowest BCUT2D eigenvalue weighted by Crippen LogP contribution is -2.65. The molecule has 5 heterocycles. The number of benzene rings is 15.